The Balaban J connectivity index is 1.68. The summed E-state index contributed by atoms with van der Waals surface area (Å²) in [7, 11) is -2.39. The second-order valence-electron chi connectivity index (χ2n) is 6.78. The molecule has 0 fully saturated rings. The van der Waals surface area contributed by atoms with Crippen LogP contribution in [0.5, 0.6) is 17.2 Å². The number of rotatable bonds is 9. The van der Waals surface area contributed by atoms with Crippen molar-refractivity contribution in [3.05, 3.63) is 77.9 Å². The molecular formula is C23H24N2O6S. The maximum absolute atomic E-state index is 12.7. The highest BCUT2D eigenvalue weighted by atomic mass is 32.2. The van der Waals surface area contributed by atoms with Gasteiger partial charge in [-0.3, -0.25) is 9.52 Å². The van der Waals surface area contributed by atoms with E-state index in [4.69, 9.17) is 9.47 Å². The zero-order valence-corrected chi connectivity index (χ0v) is 18.5. The van der Waals surface area contributed by atoms with Crippen molar-refractivity contribution in [2.75, 3.05) is 18.4 Å². The van der Waals surface area contributed by atoms with Gasteiger partial charge in [0.25, 0.3) is 15.9 Å². The van der Waals surface area contributed by atoms with E-state index in [9.17, 15) is 18.3 Å². The number of phenolic OH excluding ortho intramolecular Hbond substituents is 1. The summed E-state index contributed by atoms with van der Waals surface area (Å²) in [5.74, 6) is 0.521. The molecule has 9 heteroatoms. The number of carbonyl (C=O) groups is 1. The van der Waals surface area contributed by atoms with Gasteiger partial charge in [0, 0.05) is 17.8 Å². The highest BCUT2D eigenvalue weighted by molar-refractivity contribution is 7.92. The van der Waals surface area contributed by atoms with Gasteiger partial charge in [-0.1, -0.05) is 12.1 Å². The summed E-state index contributed by atoms with van der Waals surface area (Å²) in [6.45, 7) is 2.54. The lowest BCUT2D eigenvalue weighted by Gasteiger charge is -2.11. The minimum Gasteiger partial charge on any atom is -0.504 e. The van der Waals surface area contributed by atoms with E-state index in [0.717, 1.165) is 5.56 Å². The second kappa shape index (κ2) is 10.1. The standard InChI is InChI=1S/C23H24N2O6S/c1-3-31-19-8-10-20(11-9-19)32(28,29)25-18-6-4-5-17(14-18)23(27)24-15-16-7-12-21(26)22(13-16)30-2/h4-14,25-26H,3,15H2,1-2H3,(H,24,27). The SMILES string of the molecule is CCOc1ccc(S(=O)(=O)Nc2cccc(C(=O)NCc3ccc(O)c(OC)c3)c2)cc1. The van der Waals surface area contributed by atoms with Gasteiger partial charge in [-0.15, -0.1) is 0 Å². The Hall–Kier alpha value is -3.72. The van der Waals surface area contributed by atoms with E-state index < -0.39 is 10.0 Å². The average molecular weight is 457 g/mol. The number of hydrogen-bond donors (Lipinski definition) is 3. The molecule has 0 aliphatic carbocycles. The monoisotopic (exact) mass is 456 g/mol. The number of methoxy groups -OCH3 is 1. The van der Waals surface area contributed by atoms with Crippen LogP contribution in [0, 0.1) is 0 Å². The van der Waals surface area contributed by atoms with E-state index in [1.54, 1.807) is 42.5 Å². The van der Waals surface area contributed by atoms with Crippen molar-refractivity contribution in [3.8, 4) is 17.2 Å². The fraction of sp³-hybridized carbons (Fsp3) is 0.174. The highest BCUT2D eigenvalue weighted by Crippen LogP contribution is 2.26. The van der Waals surface area contributed by atoms with Gasteiger partial charge < -0.3 is 19.9 Å². The van der Waals surface area contributed by atoms with Gasteiger partial charge in [0.1, 0.15) is 5.75 Å². The van der Waals surface area contributed by atoms with E-state index in [-0.39, 0.29) is 28.8 Å². The lowest BCUT2D eigenvalue weighted by atomic mass is 10.1. The molecule has 0 atom stereocenters. The van der Waals surface area contributed by atoms with E-state index >= 15 is 0 Å². The largest absolute Gasteiger partial charge is 0.504 e. The van der Waals surface area contributed by atoms with Crippen LogP contribution >= 0.6 is 0 Å². The number of aromatic hydroxyl groups is 1. The lowest BCUT2D eigenvalue weighted by Crippen LogP contribution is -2.23. The molecule has 0 aliphatic heterocycles. The van der Waals surface area contributed by atoms with E-state index in [1.807, 2.05) is 6.92 Å². The lowest BCUT2D eigenvalue weighted by molar-refractivity contribution is 0.0951. The summed E-state index contributed by atoms with van der Waals surface area (Å²) in [5, 5.41) is 12.4. The van der Waals surface area contributed by atoms with E-state index in [0.29, 0.717) is 23.7 Å². The molecule has 0 heterocycles. The summed E-state index contributed by atoms with van der Waals surface area (Å²) in [6.07, 6.45) is 0. The highest BCUT2D eigenvalue weighted by Gasteiger charge is 2.15. The maximum atomic E-state index is 12.7. The van der Waals surface area contributed by atoms with Crippen molar-refractivity contribution in [2.24, 2.45) is 0 Å². The zero-order valence-electron chi connectivity index (χ0n) is 17.7. The molecule has 0 saturated carbocycles. The van der Waals surface area contributed by atoms with Crippen molar-refractivity contribution in [1.29, 1.82) is 0 Å². The molecule has 0 aromatic heterocycles. The van der Waals surface area contributed by atoms with E-state index in [1.165, 1.54) is 31.4 Å². The van der Waals surface area contributed by atoms with Crippen molar-refractivity contribution in [2.45, 2.75) is 18.4 Å². The first-order valence-electron chi connectivity index (χ1n) is 9.82. The first kappa shape index (κ1) is 23.0. The van der Waals surface area contributed by atoms with Crippen LogP contribution in [0.1, 0.15) is 22.8 Å². The number of nitrogens with one attached hydrogen (secondary N) is 2. The number of ether oxygens (including phenoxy) is 2. The third-order valence-corrected chi connectivity index (χ3v) is 5.92. The van der Waals surface area contributed by atoms with Crippen LogP contribution in [-0.2, 0) is 16.6 Å². The van der Waals surface area contributed by atoms with Crippen molar-refractivity contribution >= 4 is 21.6 Å². The van der Waals surface area contributed by atoms with Gasteiger partial charge in [0.05, 0.1) is 18.6 Å². The number of phenols is 1. The summed E-state index contributed by atoms with van der Waals surface area (Å²) in [5.41, 5.74) is 1.29. The molecule has 3 aromatic rings. The molecule has 0 saturated heterocycles. The average Bonchev–Trinajstić information content (AvgIpc) is 2.79. The van der Waals surface area contributed by atoms with Crippen LogP contribution in [0.15, 0.2) is 71.6 Å². The molecule has 0 radical (unpaired) electrons. The topological polar surface area (TPSA) is 114 Å². The van der Waals surface area contributed by atoms with Crippen molar-refractivity contribution in [3.63, 3.8) is 0 Å². The minimum atomic E-state index is -3.83. The molecule has 8 nitrogen and oxygen atoms in total. The summed E-state index contributed by atoms with van der Waals surface area (Å²) < 4.78 is 38.2. The quantitative estimate of drug-likeness (QED) is 0.454. The number of sulfonamides is 1. The predicted molar refractivity (Wildman–Crippen MR) is 121 cm³/mol. The summed E-state index contributed by atoms with van der Waals surface area (Å²) in [6, 6.07) is 17.0. The molecule has 0 spiro atoms. The van der Waals surface area contributed by atoms with Gasteiger partial charge in [0.2, 0.25) is 0 Å². The minimum absolute atomic E-state index is 0.00934. The zero-order chi connectivity index (χ0) is 23.1. The van der Waals surface area contributed by atoms with Gasteiger partial charge in [-0.05, 0) is 67.1 Å². The number of amides is 1. The summed E-state index contributed by atoms with van der Waals surface area (Å²) in [4.78, 5) is 12.6. The Morgan fingerprint density at radius 1 is 1.03 bits per heavy atom. The molecule has 3 rings (SSSR count). The molecule has 32 heavy (non-hydrogen) atoms. The Morgan fingerprint density at radius 3 is 2.47 bits per heavy atom. The fourth-order valence-electron chi connectivity index (χ4n) is 2.94. The summed E-state index contributed by atoms with van der Waals surface area (Å²) >= 11 is 0. The first-order chi connectivity index (χ1) is 15.3. The Bertz CT molecular complexity index is 1190. The number of anilines is 1. The van der Waals surface area contributed by atoms with Crippen LogP contribution in [0.25, 0.3) is 0 Å². The van der Waals surface area contributed by atoms with Crippen LogP contribution in [0.4, 0.5) is 5.69 Å². The van der Waals surface area contributed by atoms with Gasteiger partial charge in [0.15, 0.2) is 11.5 Å². The van der Waals surface area contributed by atoms with Gasteiger partial charge in [-0.2, -0.15) is 0 Å². The molecule has 3 aromatic carbocycles. The van der Waals surface area contributed by atoms with Crippen LogP contribution in [-0.4, -0.2) is 33.1 Å². The van der Waals surface area contributed by atoms with Crippen LogP contribution in [0.3, 0.4) is 0 Å². The third-order valence-electron chi connectivity index (χ3n) is 4.52. The van der Waals surface area contributed by atoms with E-state index in [2.05, 4.69) is 10.0 Å². The molecule has 3 N–H and O–H groups in total. The smallest absolute Gasteiger partial charge is 0.261 e. The molecular weight excluding hydrogens is 432 g/mol. The predicted octanol–water partition coefficient (Wildman–Crippen LogP) is 3.53. The second-order valence-corrected chi connectivity index (χ2v) is 8.46. The molecule has 0 bridgehead atoms. The van der Waals surface area contributed by atoms with Crippen LogP contribution in [0.2, 0.25) is 0 Å². The number of carbonyl (C=O) groups excluding carboxylic acids is 1. The maximum Gasteiger partial charge on any atom is 0.261 e. The number of benzene rings is 3. The van der Waals surface area contributed by atoms with Crippen LogP contribution < -0.4 is 19.5 Å². The molecule has 0 aliphatic rings. The number of hydrogen-bond acceptors (Lipinski definition) is 6. The Morgan fingerprint density at radius 2 is 1.78 bits per heavy atom. The third kappa shape index (κ3) is 5.70. The molecule has 0 unspecified atom stereocenters. The normalized spacial score (nSPS) is 10.9. The molecule has 168 valence electrons. The Kier molecular flexibility index (Phi) is 7.21. The van der Waals surface area contributed by atoms with Crippen molar-refractivity contribution < 1.29 is 27.8 Å². The van der Waals surface area contributed by atoms with Gasteiger partial charge in [-0.25, -0.2) is 8.42 Å². The van der Waals surface area contributed by atoms with Crippen molar-refractivity contribution in [1.82, 2.24) is 5.32 Å². The van der Waals surface area contributed by atoms with Gasteiger partial charge >= 0.3 is 0 Å². The molecule has 1 amide bonds. The Labute approximate surface area is 186 Å². The first-order valence-corrected chi connectivity index (χ1v) is 11.3. The fourth-order valence-corrected chi connectivity index (χ4v) is 3.99.